The van der Waals surface area contributed by atoms with Crippen molar-refractivity contribution >= 4 is 38.8 Å². The molecule has 0 bridgehead atoms. The van der Waals surface area contributed by atoms with Gasteiger partial charge in [-0.1, -0.05) is 19.1 Å². The number of benzene rings is 1. The molecule has 0 saturated heterocycles. The quantitative estimate of drug-likeness (QED) is 0.785. The third-order valence-electron chi connectivity index (χ3n) is 2.44. The van der Waals surface area contributed by atoms with Gasteiger partial charge < -0.3 is 15.8 Å². The highest BCUT2D eigenvalue weighted by atomic mass is 79.9. The molecule has 0 fully saturated rings. The molecule has 0 aliphatic rings. The van der Waals surface area contributed by atoms with Gasteiger partial charge in [0.05, 0.1) is 16.8 Å². The van der Waals surface area contributed by atoms with E-state index < -0.39 is 0 Å². The van der Waals surface area contributed by atoms with Crippen LogP contribution >= 0.6 is 28.1 Å². The van der Waals surface area contributed by atoms with Crippen LogP contribution < -0.4 is 11.1 Å². The summed E-state index contributed by atoms with van der Waals surface area (Å²) >= 11 is 8.00. The first-order chi connectivity index (χ1) is 8.47. The van der Waals surface area contributed by atoms with Gasteiger partial charge in [0.2, 0.25) is 0 Å². The summed E-state index contributed by atoms with van der Waals surface area (Å²) in [5.41, 5.74) is 6.41. The molecule has 18 heavy (non-hydrogen) atoms. The molecule has 3 nitrogen and oxygen atoms in total. The van der Waals surface area contributed by atoms with Crippen LogP contribution in [0, 0.1) is 11.7 Å². The van der Waals surface area contributed by atoms with E-state index in [4.69, 9.17) is 22.7 Å². The first-order valence-corrected chi connectivity index (χ1v) is 6.68. The van der Waals surface area contributed by atoms with Crippen molar-refractivity contribution in [3.05, 3.63) is 28.0 Å². The van der Waals surface area contributed by atoms with E-state index in [-0.39, 0.29) is 10.8 Å². The van der Waals surface area contributed by atoms with Crippen molar-refractivity contribution in [2.24, 2.45) is 11.7 Å². The molecule has 0 aromatic heterocycles. The maximum absolute atomic E-state index is 14.0. The van der Waals surface area contributed by atoms with E-state index in [0.29, 0.717) is 34.8 Å². The summed E-state index contributed by atoms with van der Waals surface area (Å²) in [6, 6.07) is 3.33. The lowest BCUT2D eigenvalue weighted by Gasteiger charge is -2.14. The van der Waals surface area contributed by atoms with Crippen molar-refractivity contribution in [1.29, 1.82) is 0 Å². The number of rotatable bonds is 6. The van der Waals surface area contributed by atoms with Crippen molar-refractivity contribution in [1.82, 2.24) is 0 Å². The van der Waals surface area contributed by atoms with Crippen LogP contribution in [0.2, 0.25) is 0 Å². The van der Waals surface area contributed by atoms with Gasteiger partial charge in [0, 0.05) is 19.2 Å². The predicted octanol–water partition coefficient (Wildman–Crippen LogP) is 2.92. The molecule has 0 amide bonds. The predicted molar refractivity (Wildman–Crippen MR) is 79.5 cm³/mol. The molecule has 0 heterocycles. The van der Waals surface area contributed by atoms with Gasteiger partial charge in [-0.2, -0.15) is 0 Å². The Morgan fingerprint density at radius 1 is 1.61 bits per heavy atom. The lowest BCUT2D eigenvalue weighted by atomic mass is 10.1. The number of thiocarbonyl (C=S) groups is 1. The van der Waals surface area contributed by atoms with Gasteiger partial charge in [0.15, 0.2) is 5.82 Å². The fourth-order valence-corrected chi connectivity index (χ4v) is 2.36. The van der Waals surface area contributed by atoms with E-state index in [1.807, 2.05) is 6.92 Å². The molecule has 1 aromatic rings. The Kier molecular flexibility index (Phi) is 5.98. The summed E-state index contributed by atoms with van der Waals surface area (Å²) < 4.78 is 19.3. The Bertz CT molecular complexity index is 442. The summed E-state index contributed by atoms with van der Waals surface area (Å²) in [6.45, 7) is 3.28. The Morgan fingerprint density at radius 3 is 2.83 bits per heavy atom. The molecule has 1 unspecified atom stereocenters. The highest BCUT2D eigenvalue weighted by Crippen LogP contribution is 2.27. The molecule has 0 saturated carbocycles. The minimum absolute atomic E-state index is 0.167. The van der Waals surface area contributed by atoms with Gasteiger partial charge in [-0.25, -0.2) is 4.39 Å². The summed E-state index contributed by atoms with van der Waals surface area (Å²) in [6.07, 6.45) is 0. The Morgan fingerprint density at radius 2 is 2.28 bits per heavy atom. The van der Waals surface area contributed by atoms with E-state index in [9.17, 15) is 4.39 Å². The number of hydrogen-bond acceptors (Lipinski definition) is 3. The van der Waals surface area contributed by atoms with Gasteiger partial charge in [0.25, 0.3) is 0 Å². The maximum Gasteiger partial charge on any atom is 0.161 e. The molecule has 1 aromatic carbocycles. The first-order valence-electron chi connectivity index (χ1n) is 5.48. The normalized spacial score (nSPS) is 12.2. The van der Waals surface area contributed by atoms with Crippen LogP contribution in [0.3, 0.4) is 0 Å². The maximum atomic E-state index is 14.0. The Balaban J connectivity index is 2.79. The fraction of sp³-hybridized carbons (Fsp3) is 0.417. The zero-order valence-electron chi connectivity index (χ0n) is 10.3. The fourth-order valence-electron chi connectivity index (χ4n) is 1.50. The Labute approximate surface area is 120 Å². The van der Waals surface area contributed by atoms with E-state index in [1.54, 1.807) is 19.2 Å². The minimum atomic E-state index is -0.384. The molecule has 3 N–H and O–H groups in total. The lowest BCUT2D eigenvalue weighted by Crippen LogP contribution is -2.17. The van der Waals surface area contributed by atoms with Crippen LogP contribution in [-0.2, 0) is 4.74 Å². The molecule has 0 radical (unpaired) electrons. The summed E-state index contributed by atoms with van der Waals surface area (Å²) in [4.78, 5) is 0.167. The number of nitrogens with one attached hydrogen (secondary N) is 1. The smallest absolute Gasteiger partial charge is 0.161 e. The topological polar surface area (TPSA) is 47.3 Å². The lowest BCUT2D eigenvalue weighted by molar-refractivity contribution is 0.164. The SMILES string of the molecule is COCC(C)CNc1ccc(C(N)=S)c(Br)c1F. The van der Waals surface area contributed by atoms with Gasteiger partial charge >= 0.3 is 0 Å². The van der Waals surface area contributed by atoms with Gasteiger partial charge in [-0.15, -0.1) is 0 Å². The molecule has 0 aliphatic heterocycles. The molecule has 1 atom stereocenters. The highest BCUT2D eigenvalue weighted by Gasteiger charge is 2.13. The molecule has 6 heteroatoms. The third kappa shape index (κ3) is 3.90. The molecular formula is C12H16BrFN2OS. The number of methoxy groups -OCH3 is 1. The van der Waals surface area contributed by atoms with E-state index in [0.717, 1.165) is 0 Å². The molecule has 1 rings (SSSR count). The van der Waals surface area contributed by atoms with Crippen molar-refractivity contribution in [2.75, 3.05) is 25.6 Å². The van der Waals surface area contributed by atoms with Crippen LogP contribution in [0.25, 0.3) is 0 Å². The van der Waals surface area contributed by atoms with E-state index in [1.165, 1.54) is 0 Å². The average Bonchev–Trinajstić information content (AvgIpc) is 2.31. The van der Waals surface area contributed by atoms with E-state index >= 15 is 0 Å². The zero-order valence-corrected chi connectivity index (χ0v) is 12.7. The summed E-state index contributed by atoms with van der Waals surface area (Å²) in [5, 5.41) is 3.04. The average molecular weight is 335 g/mol. The third-order valence-corrected chi connectivity index (χ3v) is 3.44. The van der Waals surface area contributed by atoms with Crippen LogP contribution in [0.5, 0.6) is 0 Å². The standard InChI is InChI=1S/C12H16BrFN2OS/c1-7(6-17-2)5-16-9-4-3-8(12(15)18)10(13)11(9)14/h3-4,7,16H,5-6H2,1-2H3,(H2,15,18). The second kappa shape index (κ2) is 7.01. The van der Waals surface area contributed by atoms with Crippen LogP contribution in [0.1, 0.15) is 12.5 Å². The summed E-state index contributed by atoms with van der Waals surface area (Å²) in [5.74, 6) is -0.0895. The van der Waals surface area contributed by atoms with Crippen LogP contribution in [0.15, 0.2) is 16.6 Å². The largest absolute Gasteiger partial charge is 0.389 e. The monoisotopic (exact) mass is 334 g/mol. The van der Waals surface area contributed by atoms with E-state index in [2.05, 4.69) is 21.2 Å². The van der Waals surface area contributed by atoms with Crippen LogP contribution in [-0.4, -0.2) is 25.2 Å². The van der Waals surface area contributed by atoms with Crippen LogP contribution in [0.4, 0.5) is 10.1 Å². The molecule has 100 valence electrons. The number of anilines is 1. The van der Waals surface area contributed by atoms with Gasteiger partial charge in [-0.05, 0) is 34.0 Å². The van der Waals surface area contributed by atoms with Crippen molar-refractivity contribution in [3.8, 4) is 0 Å². The molecule has 0 aliphatic carbocycles. The number of nitrogens with two attached hydrogens (primary N) is 1. The van der Waals surface area contributed by atoms with Crippen molar-refractivity contribution < 1.29 is 9.13 Å². The number of halogens is 2. The second-order valence-corrected chi connectivity index (χ2v) is 5.33. The minimum Gasteiger partial charge on any atom is -0.389 e. The summed E-state index contributed by atoms with van der Waals surface area (Å²) in [7, 11) is 1.64. The van der Waals surface area contributed by atoms with Crippen molar-refractivity contribution in [2.45, 2.75) is 6.92 Å². The molecule has 0 spiro atoms. The van der Waals surface area contributed by atoms with Crippen molar-refractivity contribution in [3.63, 3.8) is 0 Å². The second-order valence-electron chi connectivity index (χ2n) is 4.09. The highest BCUT2D eigenvalue weighted by molar-refractivity contribution is 9.10. The Hall–Kier alpha value is -0.720. The number of ether oxygens (including phenoxy) is 1. The van der Waals surface area contributed by atoms with Gasteiger partial charge in [-0.3, -0.25) is 0 Å². The molecular weight excluding hydrogens is 319 g/mol. The zero-order chi connectivity index (χ0) is 13.7. The first kappa shape index (κ1) is 15.3. The van der Waals surface area contributed by atoms with Gasteiger partial charge in [0.1, 0.15) is 4.99 Å². The number of hydrogen-bond donors (Lipinski definition) is 2.